The first-order chi connectivity index (χ1) is 10.6. The lowest BCUT2D eigenvalue weighted by atomic mass is 10.1. The van der Waals surface area contributed by atoms with Crippen molar-refractivity contribution in [3.63, 3.8) is 0 Å². The Morgan fingerprint density at radius 2 is 1.74 bits per heavy atom. The fraction of sp³-hybridized carbons (Fsp3) is 0.538. The van der Waals surface area contributed by atoms with Crippen LogP contribution in [0.2, 0.25) is 0 Å². The van der Waals surface area contributed by atoms with Crippen molar-refractivity contribution in [3.8, 4) is 5.88 Å². The molecule has 0 N–H and O–H groups in total. The number of alkyl halides is 6. The number of hydrogen-bond acceptors (Lipinski definition) is 4. The van der Waals surface area contributed by atoms with Gasteiger partial charge in [0.2, 0.25) is 5.88 Å². The second-order valence-electron chi connectivity index (χ2n) is 4.99. The molecule has 1 fully saturated rings. The minimum atomic E-state index is -4.75. The molecule has 0 saturated heterocycles. The largest absolute Gasteiger partial charge is 0.467 e. The first kappa shape index (κ1) is 17.4. The second-order valence-corrected chi connectivity index (χ2v) is 4.99. The van der Waals surface area contributed by atoms with E-state index in [1.807, 2.05) is 0 Å². The molecule has 128 valence electrons. The molecule has 0 spiro atoms. The lowest BCUT2D eigenvalue weighted by molar-refractivity contribution is -0.161. The van der Waals surface area contributed by atoms with Crippen LogP contribution >= 0.6 is 0 Å². The van der Waals surface area contributed by atoms with Crippen LogP contribution in [0.3, 0.4) is 0 Å². The predicted octanol–water partition coefficient (Wildman–Crippen LogP) is 3.62. The highest BCUT2D eigenvalue weighted by Crippen LogP contribution is 2.40. The van der Waals surface area contributed by atoms with Crippen molar-refractivity contribution in [2.24, 2.45) is 0 Å². The summed E-state index contributed by atoms with van der Waals surface area (Å²) in [6.07, 6.45) is -6.57. The van der Waals surface area contributed by atoms with Gasteiger partial charge in [0.1, 0.15) is 5.56 Å². The van der Waals surface area contributed by atoms with Crippen LogP contribution in [0.4, 0.5) is 26.3 Å². The molecule has 0 amide bonds. The van der Waals surface area contributed by atoms with Crippen LogP contribution in [0.25, 0.3) is 0 Å². The fourth-order valence-electron chi connectivity index (χ4n) is 1.74. The summed E-state index contributed by atoms with van der Waals surface area (Å²) in [5.41, 5.74) is -0.00813. The quantitative estimate of drug-likeness (QED) is 0.605. The summed E-state index contributed by atoms with van der Waals surface area (Å²) < 4.78 is 81.2. The van der Waals surface area contributed by atoms with E-state index in [1.54, 1.807) is 0 Å². The topological polar surface area (TPSA) is 48.4 Å². The Balaban J connectivity index is 2.18. The molecule has 1 aromatic heterocycles. The van der Waals surface area contributed by atoms with Gasteiger partial charge in [-0.1, -0.05) is 0 Å². The molecule has 1 aliphatic rings. The molecule has 0 radical (unpaired) electrons. The van der Waals surface area contributed by atoms with Gasteiger partial charge in [-0.05, 0) is 30.4 Å². The highest BCUT2D eigenvalue weighted by molar-refractivity contribution is 5.92. The minimum Gasteiger partial charge on any atom is -0.467 e. The number of esters is 1. The van der Waals surface area contributed by atoms with Gasteiger partial charge in [0.05, 0.1) is 0 Å². The zero-order chi connectivity index (χ0) is 17.3. The lowest BCUT2D eigenvalue weighted by Crippen LogP contribution is -2.23. The highest BCUT2D eigenvalue weighted by atomic mass is 19.4. The van der Waals surface area contributed by atoms with E-state index in [0.29, 0.717) is 5.56 Å². The third kappa shape index (κ3) is 5.61. The maximum absolute atomic E-state index is 12.2. The fourth-order valence-corrected chi connectivity index (χ4v) is 1.74. The SMILES string of the molecule is O=C(OCC(F)(F)F)c1cc(C2CC2)cnc1OCC(F)(F)F. The van der Waals surface area contributed by atoms with E-state index in [0.717, 1.165) is 18.9 Å². The molecule has 1 aromatic rings. The van der Waals surface area contributed by atoms with Crippen LogP contribution < -0.4 is 4.74 Å². The van der Waals surface area contributed by atoms with Crippen molar-refractivity contribution >= 4 is 5.97 Å². The number of carbonyl (C=O) groups is 1. The van der Waals surface area contributed by atoms with Gasteiger partial charge in [-0.2, -0.15) is 26.3 Å². The summed E-state index contributed by atoms with van der Waals surface area (Å²) in [5.74, 6) is -2.05. The molecule has 1 saturated carbocycles. The highest BCUT2D eigenvalue weighted by Gasteiger charge is 2.33. The number of rotatable bonds is 5. The normalized spacial score (nSPS) is 15.4. The molecular weight excluding hydrogens is 332 g/mol. The first-order valence-corrected chi connectivity index (χ1v) is 6.48. The van der Waals surface area contributed by atoms with Crippen molar-refractivity contribution in [3.05, 3.63) is 23.4 Å². The Morgan fingerprint density at radius 1 is 1.13 bits per heavy atom. The number of halogens is 6. The van der Waals surface area contributed by atoms with Gasteiger partial charge in [-0.25, -0.2) is 9.78 Å². The van der Waals surface area contributed by atoms with E-state index in [-0.39, 0.29) is 5.92 Å². The molecule has 0 unspecified atom stereocenters. The Hall–Kier alpha value is -2.00. The van der Waals surface area contributed by atoms with Crippen LogP contribution in [0.5, 0.6) is 5.88 Å². The van der Waals surface area contributed by atoms with Gasteiger partial charge in [0, 0.05) is 6.20 Å². The molecule has 0 aliphatic heterocycles. The van der Waals surface area contributed by atoms with Crippen molar-refractivity contribution in [1.82, 2.24) is 4.98 Å². The lowest BCUT2D eigenvalue weighted by Gasteiger charge is -2.13. The first-order valence-electron chi connectivity index (χ1n) is 6.48. The maximum atomic E-state index is 12.2. The summed E-state index contributed by atoms with van der Waals surface area (Å²) in [7, 11) is 0. The maximum Gasteiger partial charge on any atom is 0.422 e. The van der Waals surface area contributed by atoms with E-state index < -0.39 is 43.0 Å². The molecule has 4 nitrogen and oxygen atoms in total. The van der Waals surface area contributed by atoms with Gasteiger partial charge in [-0.15, -0.1) is 0 Å². The number of ether oxygens (including phenoxy) is 2. The van der Waals surface area contributed by atoms with Crippen LogP contribution in [0.15, 0.2) is 12.3 Å². The molecule has 0 aromatic carbocycles. The number of aromatic nitrogens is 1. The molecule has 0 bridgehead atoms. The number of carbonyl (C=O) groups excluding carboxylic acids is 1. The van der Waals surface area contributed by atoms with E-state index in [1.165, 1.54) is 6.20 Å². The third-order valence-electron chi connectivity index (χ3n) is 2.88. The van der Waals surface area contributed by atoms with E-state index in [2.05, 4.69) is 14.5 Å². The Labute approximate surface area is 126 Å². The molecular formula is C13H11F6NO3. The molecule has 23 heavy (non-hydrogen) atoms. The standard InChI is InChI=1S/C13H11F6NO3/c14-12(15,16)5-22-10-9(11(21)23-6-13(17,18)19)3-8(4-20-10)7-1-2-7/h3-4,7H,1-2,5-6H2. The number of hydrogen-bond donors (Lipinski definition) is 0. The molecule has 2 rings (SSSR count). The van der Waals surface area contributed by atoms with E-state index >= 15 is 0 Å². The number of pyridine rings is 1. The van der Waals surface area contributed by atoms with Crippen LogP contribution in [0.1, 0.15) is 34.7 Å². The third-order valence-corrected chi connectivity index (χ3v) is 2.88. The van der Waals surface area contributed by atoms with Gasteiger partial charge in [0.15, 0.2) is 13.2 Å². The number of nitrogens with zero attached hydrogens (tertiary/aromatic N) is 1. The van der Waals surface area contributed by atoms with E-state index in [9.17, 15) is 31.1 Å². The summed E-state index contributed by atoms with van der Waals surface area (Å²) in [6, 6.07) is 1.16. The minimum absolute atomic E-state index is 0.0910. The zero-order valence-corrected chi connectivity index (χ0v) is 11.5. The van der Waals surface area contributed by atoms with Gasteiger partial charge in [-0.3, -0.25) is 0 Å². The van der Waals surface area contributed by atoms with Crippen molar-refractivity contribution < 1.29 is 40.6 Å². The molecule has 0 atom stereocenters. The summed E-state index contributed by atoms with van der Waals surface area (Å²) >= 11 is 0. The summed E-state index contributed by atoms with van der Waals surface area (Å²) in [5, 5.41) is 0. The molecule has 1 heterocycles. The Bertz CT molecular complexity index is 580. The van der Waals surface area contributed by atoms with E-state index in [4.69, 9.17) is 0 Å². The average Bonchev–Trinajstić information content (AvgIpc) is 3.25. The van der Waals surface area contributed by atoms with Crippen LogP contribution in [-0.4, -0.2) is 36.5 Å². The molecule has 1 aliphatic carbocycles. The van der Waals surface area contributed by atoms with Gasteiger partial charge < -0.3 is 9.47 Å². The smallest absolute Gasteiger partial charge is 0.422 e. The Morgan fingerprint density at radius 3 is 2.26 bits per heavy atom. The van der Waals surface area contributed by atoms with Crippen molar-refractivity contribution in [2.45, 2.75) is 31.1 Å². The van der Waals surface area contributed by atoms with Crippen molar-refractivity contribution in [2.75, 3.05) is 13.2 Å². The Kier molecular flexibility index (Phi) is 4.71. The monoisotopic (exact) mass is 343 g/mol. The molecule has 10 heteroatoms. The second kappa shape index (κ2) is 6.25. The van der Waals surface area contributed by atoms with Gasteiger partial charge >= 0.3 is 18.3 Å². The summed E-state index contributed by atoms with van der Waals surface area (Å²) in [6.45, 7) is -3.57. The average molecular weight is 343 g/mol. The van der Waals surface area contributed by atoms with Crippen molar-refractivity contribution in [1.29, 1.82) is 0 Å². The predicted molar refractivity (Wildman–Crippen MR) is 64.1 cm³/mol. The van der Waals surface area contributed by atoms with Crippen LogP contribution in [0, 0.1) is 0 Å². The van der Waals surface area contributed by atoms with Crippen LogP contribution in [-0.2, 0) is 4.74 Å². The van der Waals surface area contributed by atoms with Gasteiger partial charge in [0.25, 0.3) is 0 Å². The summed E-state index contributed by atoms with van der Waals surface area (Å²) in [4.78, 5) is 15.3. The zero-order valence-electron chi connectivity index (χ0n) is 11.5.